The van der Waals surface area contributed by atoms with Crippen molar-refractivity contribution in [3.8, 4) is 5.75 Å². The maximum atomic E-state index is 12.2. The zero-order valence-corrected chi connectivity index (χ0v) is 31.0. The fourth-order valence-corrected chi connectivity index (χ4v) is 15.0. The fraction of sp³-hybridized carbons (Fsp3) is 0.860. The number of rotatable bonds is 7. The number of phenols is 1. The predicted octanol–water partition coefficient (Wildman–Crippen LogP) is 7.38. The minimum Gasteiger partial charge on any atom is -0.508 e. The Bertz CT molecular complexity index is 1330. The quantitative estimate of drug-likeness (QED) is 0.225. The number of ether oxygens (including phenoxy) is 1. The third-order valence-corrected chi connectivity index (χ3v) is 17.0. The van der Waals surface area contributed by atoms with Gasteiger partial charge in [0.1, 0.15) is 5.75 Å². The van der Waals surface area contributed by atoms with Crippen molar-refractivity contribution in [2.24, 2.45) is 64.1 Å². The van der Waals surface area contributed by atoms with E-state index >= 15 is 0 Å². The molecule has 6 heteroatoms. The summed E-state index contributed by atoms with van der Waals surface area (Å²) >= 11 is 0. The zero-order chi connectivity index (χ0) is 34.3. The molecular formula is C43H67NO5. The van der Waals surface area contributed by atoms with Gasteiger partial charge in [-0.2, -0.15) is 0 Å². The second-order valence-corrected chi connectivity index (χ2v) is 19.5. The maximum absolute atomic E-state index is 12.2. The van der Waals surface area contributed by atoms with E-state index in [1.165, 1.54) is 24.8 Å². The van der Waals surface area contributed by atoms with Crippen LogP contribution in [0.15, 0.2) is 24.3 Å². The number of aromatic hydroxyl groups is 1. The number of nitrogens with zero attached hydrogens (tertiary/aromatic N) is 1. The summed E-state index contributed by atoms with van der Waals surface area (Å²) < 4.78 is 5.41. The number of aliphatic hydroxyl groups is 3. The summed E-state index contributed by atoms with van der Waals surface area (Å²) in [5, 5.41) is 46.4. The van der Waals surface area contributed by atoms with Crippen molar-refractivity contribution < 1.29 is 25.2 Å². The Balaban J connectivity index is 1.02. The van der Waals surface area contributed by atoms with Crippen LogP contribution in [0.3, 0.4) is 0 Å². The van der Waals surface area contributed by atoms with Crippen LogP contribution >= 0.6 is 0 Å². The van der Waals surface area contributed by atoms with Gasteiger partial charge in [-0.1, -0.05) is 26.0 Å². The molecule has 0 radical (unpaired) electrons. The number of hydrogen-bond acceptors (Lipinski definition) is 6. The maximum Gasteiger partial charge on any atom is 0.115 e. The van der Waals surface area contributed by atoms with E-state index in [-0.39, 0.29) is 29.0 Å². The summed E-state index contributed by atoms with van der Waals surface area (Å²) in [5.41, 5.74) is 0.609. The zero-order valence-electron chi connectivity index (χ0n) is 31.0. The van der Waals surface area contributed by atoms with Crippen molar-refractivity contribution in [2.45, 2.75) is 140 Å². The number of fused-ring (bicyclic) bond motifs is 8. The summed E-state index contributed by atoms with van der Waals surface area (Å²) in [7, 11) is 1.77. The van der Waals surface area contributed by atoms with Gasteiger partial charge >= 0.3 is 0 Å². The summed E-state index contributed by atoms with van der Waals surface area (Å²) in [6, 6.07) is 8.18. The van der Waals surface area contributed by atoms with E-state index in [1.807, 2.05) is 12.1 Å². The molecule has 2 heterocycles. The van der Waals surface area contributed by atoms with E-state index in [1.54, 1.807) is 13.2 Å². The second kappa shape index (κ2) is 13.0. The first kappa shape index (κ1) is 34.9. The van der Waals surface area contributed by atoms with Crippen molar-refractivity contribution in [1.82, 2.24) is 4.90 Å². The summed E-state index contributed by atoms with van der Waals surface area (Å²) in [4.78, 5) is 2.70. The molecule has 4 N–H and O–H groups in total. The average Bonchev–Trinajstić information content (AvgIpc) is 3.64. The highest BCUT2D eigenvalue weighted by Gasteiger charge is 2.67. The smallest absolute Gasteiger partial charge is 0.115 e. The molecule has 8 rings (SSSR count). The molecule has 16 unspecified atom stereocenters. The summed E-state index contributed by atoms with van der Waals surface area (Å²) in [5.74, 6) is 5.64. The van der Waals surface area contributed by atoms with Gasteiger partial charge in [0, 0.05) is 32.8 Å². The van der Waals surface area contributed by atoms with Crippen molar-refractivity contribution in [2.75, 3.05) is 26.8 Å². The Kier molecular flexibility index (Phi) is 9.28. The van der Waals surface area contributed by atoms with Gasteiger partial charge in [-0.3, -0.25) is 4.90 Å². The van der Waals surface area contributed by atoms with Crippen LogP contribution in [0.4, 0.5) is 0 Å². The predicted molar refractivity (Wildman–Crippen MR) is 193 cm³/mol. The Hall–Kier alpha value is -1.18. The molecule has 2 saturated heterocycles. The van der Waals surface area contributed by atoms with Crippen LogP contribution in [0.25, 0.3) is 0 Å². The fourth-order valence-electron chi connectivity index (χ4n) is 15.0. The van der Waals surface area contributed by atoms with Gasteiger partial charge in [-0.05, 0) is 185 Å². The Morgan fingerprint density at radius 2 is 1.76 bits per heavy atom. The molecule has 0 amide bonds. The monoisotopic (exact) mass is 678 g/mol. The first-order valence-corrected chi connectivity index (χ1v) is 20.5. The number of methoxy groups -OCH3 is 1. The van der Waals surface area contributed by atoms with E-state index in [4.69, 9.17) is 4.74 Å². The lowest BCUT2D eigenvalue weighted by atomic mass is 9.46. The van der Waals surface area contributed by atoms with Gasteiger partial charge in [0.25, 0.3) is 0 Å². The van der Waals surface area contributed by atoms with Gasteiger partial charge in [0.05, 0.1) is 17.8 Å². The first-order chi connectivity index (χ1) is 23.4. The third-order valence-electron chi connectivity index (χ3n) is 17.0. The third kappa shape index (κ3) is 5.85. The highest BCUT2D eigenvalue weighted by Crippen LogP contribution is 2.71. The molecule has 5 saturated carbocycles. The first-order valence-electron chi connectivity index (χ1n) is 20.5. The van der Waals surface area contributed by atoms with Crippen LogP contribution in [0.5, 0.6) is 5.75 Å². The standard InChI is InChI=1S/C43H67NO5/c1-26-10-13-39-42(3,48)35-12-11-31-32(34(35)24-44(39)23-26)19-36-33(31)20-38(46)37-21-40(47)43(25-41(36,37)2)15-14-27(22-43)17-28(8-6-16-49-4)29-7-5-9-30(45)18-29/h5,7,9,18,26-28,31-40,45-48H,6,8,10-17,19-25H2,1-4H3. The van der Waals surface area contributed by atoms with Gasteiger partial charge in [-0.25, -0.2) is 0 Å². The number of piperidine rings is 2. The van der Waals surface area contributed by atoms with Crippen LogP contribution in [0.2, 0.25) is 0 Å². The summed E-state index contributed by atoms with van der Waals surface area (Å²) in [6.07, 6.45) is 14.5. The highest BCUT2D eigenvalue weighted by atomic mass is 16.5. The van der Waals surface area contributed by atoms with Crippen molar-refractivity contribution >= 4 is 0 Å². The van der Waals surface area contributed by atoms with Gasteiger partial charge in [-0.15, -0.1) is 0 Å². The molecule has 5 aliphatic carbocycles. The SMILES string of the molecule is COCCCC(CC1CCC2(C1)CC1(C)C(CC2O)C(O)CC2C3CCC4C(CN5CC(C)CCC5C4(C)O)C3CC21)c1cccc(O)c1. The van der Waals surface area contributed by atoms with Crippen LogP contribution in [-0.2, 0) is 4.74 Å². The van der Waals surface area contributed by atoms with E-state index in [0.29, 0.717) is 65.1 Å². The lowest BCUT2D eigenvalue weighted by molar-refractivity contribution is -0.180. The normalized spacial score (nSPS) is 49.9. The lowest BCUT2D eigenvalue weighted by Crippen LogP contribution is -2.67. The molecule has 7 fully saturated rings. The van der Waals surface area contributed by atoms with Crippen molar-refractivity contribution in [1.29, 1.82) is 0 Å². The Morgan fingerprint density at radius 3 is 2.55 bits per heavy atom. The number of benzene rings is 1. The van der Waals surface area contributed by atoms with Crippen molar-refractivity contribution in [3.05, 3.63) is 29.8 Å². The molecular weight excluding hydrogens is 610 g/mol. The van der Waals surface area contributed by atoms with Crippen LogP contribution in [0.1, 0.15) is 122 Å². The van der Waals surface area contributed by atoms with E-state index in [0.717, 1.165) is 90.3 Å². The topological polar surface area (TPSA) is 93.4 Å². The van der Waals surface area contributed by atoms with Crippen molar-refractivity contribution in [3.63, 3.8) is 0 Å². The molecule has 2 aliphatic heterocycles. The molecule has 0 aromatic heterocycles. The molecule has 1 spiro atoms. The van der Waals surface area contributed by atoms with E-state index < -0.39 is 5.60 Å². The van der Waals surface area contributed by atoms with E-state index in [9.17, 15) is 20.4 Å². The van der Waals surface area contributed by atoms with Gasteiger partial charge < -0.3 is 25.2 Å². The van der Waals surface area contributed by atoms with Crippen LogP contribution < -0.4 is 0 Å². The van der Waals surface area contributed by atoms with E-state index in [2.05, 4.69) is 31.7 Å². The number of hydrogen-bond donors (Lipinski definition) is 4. The molecule has 1 aromatic carbocycles. The van der Waals surface area contributed by atoms with Crippen LogP contribution in [-0.4, -0.2) is 76.0 Å². The Labute approximate surface area is 296 Å². The molecule has 1 aromatic rings. The second-order valence-electron chi connectivity index (χ2n) is 19.5. The molecule has 7 aliphatic rings. The minimum absolute atomic E-state index is 0.0474. The molecule has 16 atom stereocenters. The molecule has 0 bridgehead atoms. The summed E-state index contributed by atoms with van der Waals surface area (Å²) in [6.45, 7) is 10.2. The van der Waals surface area contributed by atoms with Crippen LogP contribution in [0, 0.1) is 64.1 Å². The largest absolute Gasteiger partial charge is 0.508 e. The average molecular weight is 678 g/mol. The number of aliphatic hydroxyl groups excluding tert-OH is 2. The Morgan fingerprint density at radius 1 is 0.918 bits per heavy atom. The van der Waals surface area contributed by atoms with Gasteiger partial charge in [0.2, 0.25) is 0 Å². The molecule has 6 nitrogen and oxygen atoms in total. The molecule has 49 heavy (non-hydrogen) atoms. The highest BCUT2D eigenvalue weighted by molar-refractivity contribution is 5.30. The van der Waals surface area contributed by atoms with Gasteiger partial charge in [0.15, 0.2) is 0 Å². The minimum atomic E-state index is -0.606. The lowest BCUT2D eigenvalue weighted by Gasteiger charge is -2.60. The number of phenolic OH excluding ortho intramolecular Hbond substituents is 1. The molecule has 274 valence electrons.